The van der Waals surface area contributed by atoms with E-state index in [0.29, 0.717) is 36.2 Å². The first-order chi connectivity index (χ1) is 11.4. The van der Waals surface area contributed by atoms with E-state index in [9.17, 15) is 4.79 Å². The molecule has 0 atom stereocenters. The predicted octanol–water partition coefficient (Wildman–Crippen LogP) is 1.77. The maximum absolute atomic E-state index is 12.3. The summed E-state index contributed by atoms with van der Waals surface area (Å²) in [5.41, 5.74) is 0.411. The van der Waals surface area contributed by atoms with Gasteiger partial charge in [-0.2, -0.15) is 0 Å². The third-order valence-corrected chi connectivity index (χ3v) is 3.53. The van der Waals surface area contributed by atoms with Gasteiger partial charge in [0.15, 0.2) is 17.3 Å². The zero-order valence-electron chi connectivity index (χ0n) is 14.1. The Bertz CT molecular complexity index is 736. The molecule has 1 aliphatic rings. The summed E-state index contributed by atoms with van der Waals surface area (Å²) in [7, 11) is 0. The first-order valence-electron chi connectivity index (χ1n) is 7.89. The number of benzene rings is 1. The van der Waals surface area contributed by atoms with Gasteiger partial charge >= 0.3 is 0 Å². The van der Waals surface area contributed by atoms with Crippen LogP contribution in [0.1, 0.15) is 33.0 Å². The summed E-state index contributed by atoms with van der Waals surface area (Å²) in [5.74, 6) is 1.79. The molecule has 128 valence electrons. The Labute approximate surface area is 140 Å². The molecule has 1 amide bonds. The van der Waals surface area contributed by atoms with Gasteiger partial charge in [-0.25, -0.2) is 4.68 Å². The molecule has 3 rings (SSSR count). The molecule has 2 aromatic rings. The summed E-state index contributed by atoms with van der Waals surface area (Å²) < 4.78 is 12.7. The van der Waals surface area contributed by atoms with Gasteiger partial charge in [-0.1, -0.05) is 20.8 Å². The van der Waals surface area contributed by atoms with E-state index in [-0.39, 0.29) is 17.9 Å². The molecule has 8 heteroatoms. The van der Waals surface area contributed by atoms with E-state index < -0.39 is 0 Å². The number of anilines is 1. The topological polar surface area (TPSA) is 91.2 Å². The number of aromatic nitrogens is 4. The fourth-order valence-corrected chi connectivity index (χ4v) is 2.43. The first-order valence-corrected chi connectivity index (χ1v) is 7.89. The van der Waals surface area contributed by atoms with Crippen molar-refractivity contribution in [1.29, 1.82) is 0 Å². The number of tetrazole rings is 1. The van der Waals surface area contributed by atoms with Gasteiger partial charge in [-0.05, 0) is 22.6 Å². The molecule has 8 nitrogen and oxygen atoms in total. The van der Waals surface area contributed by atoms with Crippen molar-refractivity contribution in [2.75, 3.05) is 18.5 Å². The molecule has 2 heterocycles. The van der Waals surface area contributed by atoms with Crippen molar-refractivity contribution in [3.05, 3.63) is 24.0 Å². The minimum absolute atomic E-state index is 0.0496. The summed E-state index contributed by atoms with van der Waals surface area (Å²) in [6.45, 7) is 7.27. The minimum Gasteiger partial charge on any atom is -0.490 e. The lowest BCUT2D eigenvalue weighted by Crippen LogP contribution is -2.25. The number of carbonyl (C=O) groups is 1. The van der Waals surface area contributed by atoms with Crippen molar-refractivity contribution in [2.24, 2.45) is 0 Å². The highest BCUT2D eigenvalue weighted by atomic mass is 16.5. The third-order valence-electron chi connectivity index (χ3n) is 3.53. The Morgan fingerprint density at radius 2 is 2.00 bits per heavy atom. The molecule has 0 aliphatic carbocycles. The van der Waals surface area contributed by atoms with Crippen LogP contribution in [0.25, 0.3) is 0 Å². The van der Waals surface area contributed by atoms with Crippen LogP contribution in [0.15, 0.2) is 18.2 Å². The number of fused-ring (bicyclic) bond motifs is 1. The standard InChI is InChI=1S/C16H21N5O3/c1-16(2,3)15-18-19-20-21(15)10-14(22)17-11-5-6-12-13(9-11)24-8-4-7-23-12/h5-6,9H,4,7-8,10H2,1-3H3,(H,17,22). The van der Waals surface area contributed by atoms with Crippen molar-refractivity contribution in [1.82, 2.24) is 20.2 Å². The molecule has 1 aromatic carbocycles. The van der Waals surface area contributed by atoms with Crippen LogP contribution in [0.2, 0.25) is 0 Å². The lowest BCUT2D eigenvalue weighted by atomic mass is 9.96. The second-order valence-electron chi connectivity index (χ2n) is 6.67. The molecule has 0 unspecified atom stereocenters. The molecule has 0 bridgehead atoms. The predicted molar refractivity (Wildman–Crippen MR) is 87.2 cm³/mol. The van der Waals surface area contributed by atoms with Crippen LogP contribution in [0.3, 0.4) is 0 Å². The fourth-order valence-electron chi connectivity index (χ4n) is 2.43. The Morgan fingerprint density at radius 1 is 1.25 bits per heavy atom. The lowest BCUT2D eigenvalue weighted by molar-refractivity contribution is -0.117. The number of nitrogens with one attached hydrogen (secondary N) is 1. The summed E-state index contributed by atoms with van der Waals surface area (Å²) in [6, 6.07) is 5.35. The number of carbonyl (C=O) groups excluding carboxylic acids is 1. The van der Waals surface area contributed by atoms with Crippen LogP contribution in [0.4, 0.5) is 5.69 Å². The van der Waals surface area contributed by atoms with E-state index in [4.69, 9.17) is 9.47 Å². The SMILES string of the molecule is CC(C)(C)c1nnnn1CC(=O)Nc1ccc2c(c1)OCCCO2. The molecular formula is C16H21N5O3. The molecule has 1 N–H and O–H groups in total. The number of nitrogens with zero attached hydrogens (tertiary/aromatic N) is 4. The largest absolute Gasteiger partial charge is 0.490 e. The Balaban J connectivity index is 1.70. The van der Waals surface area contributed by atoms with E-state index in [0.717, 1.165) is 6.42 Å². The molecule has 0 fully saturated rings. The zero-order chi connectivity index (χ0) is 17.2. The molecule has 0 spiro atoms. The Morgan fingerprint density at radius 3 is 2.75 bits per heavy atom. The molecule has 24 heavy (non-hydrogen) atoms. The number of hydrogen-bond donors (Lipinski definition) is 1. The van der Waals surface area contributed by atoms with Gasteiger partial charge in [0.25, 0.3) is 0 Å². The minimum atomic E-state index is -0.237. The maximum Gasteiger partial charge on any atom is 0.246 e. The number of ether oxygens (including phenoxy) is 2. The average molecular weight is 331 g/mol. The summed E-state index contributed by atoms with van der Waals surface area (Å²) in [4.78, 5) is 12.3. The molecule has 0 radical (unpaired) electrons. The first kappa shape index (κ1) is 16.2. The third kappa shape index (κ3) is 3.64. The maximum atomic E-state index is 12.3. The summed E-state index contributed by atoms with van der Waals surface area (Å²) in [5, 5.41) is 14.4. The van der Waals surface area contributed by atoms with Gasteiger partial charge in [0.2, 0.25) is 5.91 Å². The van der Waals surface area contributed by atoms with Crippen LogP contribution in [-0.2, 0) is 16.8 Å². The van der Waals surface area contributed by atoms with E-state index >= 15 is 0 Å². The monoisotopic (exact) mass is 331 g/mol. The van der Waals surface area contributed by atoms with Crippen LogP contribution in [0.5, 0.6) is 11.5 Å². The zero-order valence-corrected chi connectivity index (χ0v) is 14.1. The van der Waals surface area contributed by atoms with Gasteiger partial charge < -0.3 is 14.8 Å². The number of hydrogen-bond acceptors (Lipinski definition) is 6. The second-order valence-corrected chi connectivity index (χ2v) is 6.67. The van der Waals surface area contributed by atoms with Gasteiger partial charge in [0.1, 0.15) is 6.54 Å². The van der Waals surface area contributed by atoms with Gasteiger partial charge in [0.05, 0.1) is 13.2 Å². The van der Waals surface area contributed by atoms with Crippen molar-refractivity contribution >= 4 is 11.6 Å². The highest BCUT2D eigenvalue weighted by Gasteiger charge is 2.23. The van der Waals surface area contributed by atoms with Crippen LogP contribution in [-0.4, -0.2) is 39.3 Å². The fraction of sp³-hybridized carbons (Fsp3) is 0.500. The molecule has 0 saturated carbocycles. The van der Waals surface area contributed by atoms with E-state index in [2.05, 4.69) is 20.8 Å². The quantitative estimate of drug-likeness (QED) is 0.922. The van der Waals surface area contributed by atoms with E-state index in [1.807, 2.05) is 20.8 Å². The molecule has 0 saturated heterocycles. The average Bonchev–Trinajstić information content (AvgIpc) is 2.85. The van der Waals surface area contributed by atoms with Crippen LogP contribution in [0, 0.1) is 0 Å². The second kappa shape index (κ2) is 6.46. The molecule has 1 aromatic heterocycles. The van der Waals surface area contributed by atoms with Crippen molar-refractivity contribution in [2.45, 2.75) is 39.2 Å². The van der Waals surface area contributed by atoms with Gasteiger partial charge in [0, 0.05) is 23.6 Å². The molecule has 1 aliphatic heterocycles. The highest BCUT2D eigenvalue weighted by Crippen LogP contribution is 2.32. The van der Waals surface area contributed by atoms with Gasteiger partial charge in [-0.15, -0.1) is 5.10 Å². The van der Waals surface area contributed by atoms with E-state index in [1.165, 1.54) is 4.68 Å². The van der Waals surface area contributed by atoms with Crippen LogP contribution >= 0.6 is 0 Å². The van der Waals surface area contributed by atoms with Crippen molar-refractivity contribution in [3.63, 3.8) is 0 Å². The van der Waals surface area contributed by atoms with E-state index in [1.54, 1.807) is 18.2 Å². The summed E-state index contributed by atoms with van der Waals surface area (Å²) >= 11 is 0. The summed E-state index contributed by atoms with van der Waals surface area (Å²) in [6.07, 6.45) is 0.839. The highest BCUT2D eigenvalue weighted by molar-refractivity contribution is 5.90. The number of rotatable bonds is 3. The Hall–Kier alpha value is -2.64. The normalized spacial score (nSPS) is 14.1. The van der Waals surface area contributed by atoms with Crippen molar-refractivity contribution < 1.29 is 14.3 Å². The Kier molecular flexibility index (Phi) is 4.37. The lowest BCUT2D eigenvalue weighted by Gasteiger charge is -2.17. The van der Waals surface area contributed by atoms with Crippen LogP contribution < -0.4 is 14.8 Å². The molecular weight excluding hydrogens is 310 g/mol. The smallest absolute Gasteiger partial charge is 0.246 e. The van der Waals surface area contributed by atoms with Crippen molar-refractivity contribution in [3.8, 4) is 11.5 Å². The number of amides is 1. The van der Waals surface area contributed by atoms with Gasteiger partial charge in [-0.3, -0.25) is 4.79 Å².